The van der Waals surface area contributed by atoms with E-state index in [0.717, 1.165) is 16.8 Å². The molecule has 8 heteroatoms. The molecule has 0 aliphatic carbocycles. The van der Waals surface area contributed by atoms with Crippen LogP contribution in [0.3, 0.4) is 0 Å². The molecule has 0 spiro atoms. The number of anilines is 1. The van der Waals surface area contributed by atoms with E-state index < -0.39 is 0 Å². The van der Waals surface area contributed by atoms with Crippen LogP contribution in [0.25, 0.3) is 11.3 Å². The molecule has 0 amide bonds. The van der Waals surface area contributed by atoms with E-state index in [4.69, 9.17) is 4.84 Å². The molecule has 8 nitrogen and oxygen atoms in total. The highest BCUT2D eigenvalue weighted by atomic mass is 16.6. The number of pyridine rings is 2. The van der Waals surface area contributed by atoms with Gasteiger partial charge in [-0.25, -0.2) is 10.5 Å². The standard InChI is InChI=1S/C23H21N7O/c1-17-5-4-6-18(13-17)15-26-29-22-14-21(19-8-11-24-12-9-19)27-23(28-22)30-31-16-20-7-2-3-10-25-20/h2-14H,15-16H2,1H3,(H,27,28,30). The minimum atomic E-state index is 0.272. The zero-order valence-electron chi connectivity index (χ0n) is 17.0. The highest BCUT2D eigenvalue weighted by Crippen LogP contribution is 2.23. The van der Waals surface area contributed by atoms with Crippen molar-refractivity contribution in [3.63, 3.8) is 0 Å². The van der Waals surface area contributed by atoms with Crippen molar-refractivity contribution in [2.75, 3.05) is 5.48 Å². The third-order valence-corrected chi connectivity index (χ3v) is 4.31. The summed E-state index contributed by atoms with van der Waals surface area (Å²) in [6, 6.07) is 19.3. The average Bonchev–Trinajstić information content (AvgIpc) is 2.80. The Morgan fingerprint density at radius 3 is 2.65 bits per heavy atom. The maximum atomic E-state index is 5.52. The third-order valence-electron chi connectivity index (χ3n) is 4.31. The van der Waals surface area contributed by atoms with Gasteiger partial charge >= 0.3 is 0 Å². The van der Waals surface area contributed by atoms with Crippen LogP contribution in [0, 0.1) is 6.92 Å². The average molecular weight is 411 g/mol. The first-order valence-corrected chi connectivity index (χ1v) is 9.76. The monoisotopic (exact) mass is 411 g/mol. The molecule has 0 saturated carbocycles. The molecule has 4 rings (SSSR count). The number of nitrogens with one attached hydrogen (secondary N) is 1. The molecule has 0 atom stereocenters. The van der Waals surface area contributed by atoms with Crippen LogP contribution >= 0.6 is 0 Å². The lowest BCUT2D eigenvalue weighted by molar-refractivity contribution is 0.174. The minimum absolute atomic E-state index is 0.272. The largest absolute Gasteiger partial charge is 0.267 e. The van der Waals surface area contributed by atoms with Crippen molar-refractivity contribution in [2.45, 2.75) is 20.1 Å². The van der Waals surface area contributed by atoms with Gasteiger partial charge in [0.15, 0.2) is 5.82 Å². The van der Waals surface area contributed by atoms with Crippen LogP contribution in [0.2, 0.25) is 0 Å². The van der Waals surface area contributed by atoms with E-state index in [2.05, 4.69) is 54.7 Å². The first kappa shape index (κ1) is 20.2. The molecular formula is C23H21N7O. The molecule has 0 aliphatic heterocycles. The summed E-state index contributed by atoms with van der Waals surface area (Å²) >= 11 is 0. The second-order valence-electron chi connectivity index (χ2n) is 6.77. The van der Waals surface area contributed by atoms with Crippen molar-refractivity contribution in [1.82, 2.24) is 19.9 Å². The van der Waals surface area contributed by atoms with Crippen molar-refractivity contribution in [2.24, 2.45) is 10.2 Å². The molecule has 1 aromatic carbocycles. The van der Waals surface area contributed by atoms with Gasteiger partial charge in [0.25, 0.3) is 0 Å². The van der Waals surface area contributed by atoms with Crippen molar-refractivity contribution in [1.29, 1.82) is 0 Å². The van der Waals surface area contributed by atoms with Crippen LogP contribution in [0.1, 0.15) is 16.8 Å². The van der Waals surface area contributed by atoms with E-state index in [1.807, 2.05) is 42.5 Å². The maximum absolute atomic E-state index is 5.52. The molecule has 1 N–H and O–H groups in total. The zero-order chi connectivity index (χ0) is 21.3. The summed E-state index contributed by atoms with van der Waals surface area (Å²) in [6.45, 7) is 2.79. The number of benzene rings is 1. The van der Waals surface area contributed by atoms with E-state index >= 15 is 0 Å². The summed E-state index contributed by atoms with van der Waals surface area (Å²) in [5.74, 6) is 0.716. The van der Waals surface area contributed by atoms with Crippen LogP contribution in [0.4, 0.5) is 11.8 Å². The van der Waals surface area contributed by atoms with Gasteiger partial charge in [-0.1, -0.05) is 35.9 Å². The topological polar surface area (TPSA) is 97.5 Å². The van der Waals surface area contributed by atoms with E-state index in [1.165, 1.54) is 5.56 Å². The molecule has 0 radical (unpaired) electrons. The second kappa shape index (κ2) is 10.1. The predicted molar refractivity (Wildman–Crippen MR) is 117 cm³/mol. The van der Waals surface area contributed by atoms with Gasteiger partial charge in [0.2, 0.25) is 5.95 Å². The fraction of sp³-hybridized carbons (Fsp3) is 0.130. The van der Waals surface area contributed by atoms with Crippen LogP contribution < -0.4 is 5.48 Å². The van der Waals surface area contributed by atoms with Crippen LogP contribution in [0.5, 0.6) is 0 Å². The first-order valence-electron chi connectivity index (χ1n) is 9.76. The molecule has 154 valence electrons. The Morgan fingerprint density at radius 2 is 1.84 bits per heavy atom. The molecule has 3 aromatic heterocycles. The SMILES string of the molecule is Cc1cccc(CN=Nc2cc(-c3ccncc3)nc(NOCc3ccccn3)n2)c1. The predicted octanol–water partition coefficient (Wildman–Crippen LogP) is 5.07. The number of rotatable bonds is 8. The lowest BCUT2D eigenvalue weighted by Crippen LogP contribution is -2.06. The van der Waals surface area contributed by atoms with Gasteiger partial charge in [0.1, 0.15) is 6.61 Å². The quantitative estimate of drug-likeness (QED) is 0.321. The Bertz CT molecular complexity index is 1150. The Labute approximate surface area is 180 Å². The van der Waals surface area contributed by atoms with E-state index in [-0.39, 0.29) is 12.6 Å². The van der Waals surface area contributed by atoms with Crippen LogP contribution in [0.15, 0.2) is 89.5 Å². The Kier molecular flexibility index (Phi) is 6.61. The summed E-state index contributed by atoms with van der Waals surface area (Å²) in [7, 11) is 0. The number of aryl methyl sites for hydroxylation is 1. The minimum Gasteiger partial charge on any atom is -0.267 e. The van der Waals surface area contributed by atoms with Gasteiger partial charge < -0.3 is 0 Å². The van der Waals surface area contributed by atoms with Gasteiger partial charge in [0.05, 0.1) is 17.9 Å². The Hall–Kier alpha value is -4.04. The summed E-state index contributed by atoms with van der Waals surface area (Å²) in [5, 5.41) is 8.60. The molecule has 0 saturated heterocycles. The molecule has 4 aromatic rings. The smallest absolute Gasteiger partial charge is 0.249 e. The van der Waals surface area contributed by atoms with Gasteiger partial charge in [-0.15, -0.1) is 5.11 Å². The molecule has 31 heavy (non-hydrogen) atoms. The van der Waals surface area contributed by atoms with E-state index in [0.29, 0.717) is 18.1 Å². The number of nitrogens with zero attached hydrogens (tertiary/aromatic N) is 6. The Morgan fingerprint density at radius 1 is 0.935 bits per heavy atom. The third kappa shape index (κ3) is 5.97. The number of aromatic nitrogens is 4. The summed E-state index contributed by atoms with van der Waals surface area (Å²) < 4.78 is 0. The zero-order valence-corrected chi connectivity index (χ0v) is 17.0. The van der Waals surface area contributed by atoms with Gasteiger partial charge in [0, 0.05) is 30.2 Å². The van der Waals surface area contributed by atoms with Crippen LogP contribution in [-0.2, 0) is 18.0 Å². The van der Waals surface area contributed by atoms with Crippen molar-refractivity contribution in [3.8, 4) is 11.3 Å². The molecule has 0 aliphatic rings. The van der Waals surface area contributed by atoms with Gasteiger partial charge in [-0.3, -0.25) is 14.8 Å². The summed E-state index contributed by atoms with van der Waals surface area (Å²) in [4.78, 5) is 22.7. The fourth-order valence-corrected chi connectivity index (χ4v) is 2.86. The second-order valence-corrected chi connectivity index (χ2v) is 6.77. The van der Waals surface area contributed by atoms with Gasteiger partial charge in [-0.05, 0) is 36.8 Å². The van der Waals surface area contributed by atoms with E-state index in [9.17, 15) is 0 Å². The molecule has 0 bridgehead atoms. The lowest BCUT2D eigenvalue weighted by atomic mass is 10.1. The normalized spacial score (nSPS) is 11.0. The maximum Gasteiger partial charge on any atom is 0.249 e. The van der Waals surface area contributed by atoms with Gasteiger partial charge in [-0.2, -0.15) is 10.1 Å². The lowest BCUT2D eigenvalue weighted by Gasteiger charge is -2.08. The molecular weight excluding hydrogens is 390 g/mol. The highest BCUT2D eigenvalue weighted by Gasteiger charge is 2.07. The number of azo groups is 1. The van der Waals surface area contributed by atoms with E-state index in [1.54, 1.807) is 24.7 Å². The Balaban J connectivity index is 1.52. The van der Waals surface area contributed by atoms with Crippen LogP contribution in [-0.4, -0.2) is 19.9 Å². The number of hydrogen-bond donors (Lipinski definition) is 1. The molecule has 3 heterocycles. The summed E-state index contributed by atoms with van der Waals surface area (Å²) in [5.41, 5.74) is 7.42. The van der Waals surface area contributed by atoms with Crippen molar-refractivity contribution >= 4 is 11.8 Å². The number of hydrogen-bond acceptors (Lipinski definition) is 8. The molecule has 0 unspecified atom stereocenters. The van der Waals surface area contributed by atoms with Crippen molar-refractivity contribution in [3.05, 3.63) is 96.1 Å². The fourth-order valence-electron chi connectivity index (χ4n) is 2.86. The highest BCUT2D eigenvalue weighted by molar-refractivity contribution is 5.62. The first-order chi connectivity index (χ1) is 15.3. The molecule has 0 fully saturated rings. The van der Waals surface area contributed by atoms with Crippen molar-refractivity contribution < 1.29 is 4.84 Å². The summed E-state index contributed by atoms with van der Waals surface area (Å²) in [6.07, 6.45) is 5.13.